The molecule has 0 aliphatic heterocycles. The standard InChI is InChI=1S/C13H21NO3.K/c1-2-3-4-5-6-7-8-11-14-12(15)9-10-13(16)17;/h2,9-10H,1,3-8,11H2,(H,14,15)(H,16,17);/q;+1/p-1/b10-9+;. The van der Waals surface area contributed by atoms with Gasteiger partial charge in [0.25, 0.3) is 0 Å². The van der Waals surface area contributed by atoms with E-state index >= 15 is 0 Å². The van der Waals surface area contributed by atoms with Crippen LogP contribution in [0.5, 0.6) is 0 Å². The maximum absolute atomic E-state index is 11.0. The molecule has 0 aromatic rings. The summed E-state index contributed by atoms with van der Waals surface area (Å²) < 4.78 is 0. The fourth-order valence-corrected chi connectivity index (χ4v) is 1.32. The van der Waals surface area contributed by atoms with Crippen molar-refractivity contribution >= 4 is 11.9 Å². The summed E-state index contributed by atoms with van der Waals surface area (Å²) >= 11 is 0. The topological polar surface area (TPSA) is 72.7 Å². The van der Waals surface area contributed by atoms with Crippen LogP contribution in [-0.2, 0) is 4.79 Å². The number of unbranched alkanes of at least 4 members (excludes halogenated alkanes) is 5. The second kappa shape index (κ2) is 15.1. The van der Waals surface area contributed by atoms with Gasteiger partial charge in [-0.25, -0.2) is 4.79 Å². The van der Waals surface area contributed by atoms with Crippen molar-refractivity contribution < 1.29 is 66.4 Å². The van der Waals surface area contributed by atoms with E-state index in [1.807, 2.05) is 6.08 Å². The Labute approximate surface area is 151 Å². The molecule has 0 aromatic heterocycles. The molecule has 0 spiro atoms. The van der Waals surface area contributed by atoms with E-state index in [4.69, 9.17) is 5.11 Å². The van der Waals surface area contributed by atoms with Gasteiger partial charge in [0, 0.05) is 12.6 Å². The van der Waals surface area contributed by atoms with Crippen LogP contribution in [0.1, 0.15) is 38.5 Å². The van der Waals surface area contributed by atoms with Crippen molar-refractivity contribution in [1.82, 2.24) is 0 Å². The Hall–Kier alpha value is 0.0564. The molecule has 0 bridgehead atoms. The molecule has 0 saturated carbocycles. The van der Waals surface area contributed by atoms with E-state index in [2.05, 4.69) is 11.6 Å². The molecule has 4 nitrogen and oxygen atoms in total. The average Bonchev–Trinajstić information content (AvgIpc) is 2.30. The fourth-order valence-electron chi connectivity index (χ4n) is 1.32. The van der Waals surface area contributed by atoms with Crippen molar-refractivity contribution in [3.63, 3.8) is 0 Å². The van der Waals surface area contributed by atoms with Crippen LogP contribution in [0.15, 0.2) is 29.8 Å². The van der Waals surface area contributed by atoms with Gasteiger partial charge in [-0.15, -0.1) is 6.58 Å². The van der Waals surface area contributed by atoms with Gasteiger partial charge in [0.05, 0.1) is 0 Å². The van der Waals surface area contributed by atoms with Crippen molar-refractivity contribution in [2.45, 2.75) is 38.5 Å². The Morgan fingerprint density at radius 1 is 1.17 bits per heavy atom. The van der Waals surface area contributed by atoms with Crippen LogP contribution >= 0.6 is 0 Å². The van der Waals surface area contributed by atoms with Gasteiger partial charge in [-0.1, -0.05) is 25.3 Å². The number of rotatable bonds is 10. The first kappa shape index (κ1) is 20.4. The predicted molar refractivity (Wildman–Crippen MR) is 67.0 cm³/mol. The zero-order chi connectivity index (χ0) is 12.9. The molecule has 96 valence electrons. The number of nitrogens with zero attached hydrogens (tertiary/aromatic N) is 1. The van der Waals surface area contributed by atoms with E-state index < -0.39 is 11.9 Å². The zero-order valence-electron chi connectivity index (χ0n) is 11.1. The summed E-state index contributed by atoms with van der Waals surface area (Å²) in [6, 6.07) is 0. The number of aliphatic carboxylic acids is 1. The molecule has 0 saturated heterocycles. The van der Waals surface area contributed by atoms with Crippen molar-refractivity contribution in [2.75, 3.05) is 6.54 Å². The molecule has 1 N–H and O–H groups in total. The van der Waals surface area contributed by atoms with Crippen LogP contribution in [0.25, 0.3) is 0 Å². The van der Waals surface area contributed by atoms with Crippen LogP contribution in [-0.4, -0.2) is 23.5 Å². The van der Waals surface area contributed by atoms with Crippen LogP contribution in [0, 0.1) is 0 Å². The van der Waals surface area contributed by atoms with Crippen LogP contribution in [0.2, 0.25) is 0 Å². The molecule has 0 rings (SSSR count). The molecule has 0 amide bonds. The third kappa shape index (κ3) is 16.1. The molecule has 0 radical (unpaired) electrons. The molecule has 0 aromatic carbocycles. The number of allylic oxidation sites excluding steroid dienone is 1. The molecule has 0 atom stereocenters. The zero-order valence-corrected chi connectivity index (χ0v) is 14.2. The second-order valence-corrected chi connectivity index (χ2v) is 3.74. The van der Waals surface area contributed by atoms with Crippen molar-refractivity contribution in [2.24, 2.45) is 4.99 Å². The largest absolute Gasteiger partial charge is 1.00 e. The summed E-state index contributed by atoms with van der Waals surface area (Å²) in [5.74, 6) is -1.60. The van der Waals surface area contributed by atoms with Crippen molar-refractivity contribution in [3.8, 4) is 0 Å². The van der Waals surface area contributed by atoms with E-state index in [0.29, 0.717) is 6.54 Å². The second-order valence-electron chi connectivity index (χ2n) is 3.74. The third-order valence-corrected chi connectivity index (χ3v) is 2.20. The summed E-state index contributed by atoms with van der Waals surface area (Å²) in [5.41, 5.74) is 0. The Balaban J connectivity index is 0. The van der Waals surface area contributed by atoms with Gasteiger partial charge in [0.15, 0.2) is 0 Å². The fraction of sp³-hybridized carbons (Fsp3) is 0.538. The van der Waals surface area contributed by atoms with Crippen LogP contribution in [0.4, 0.5) is 0 Å². The number of hydrogen-bond acceptors (Lipinski definition) is 3. The summed E-state index contributed by atoms with van der Waals surface area (Å²) in [6.45, 7) is 4.13. The van der Waals surface area contributed by atoms with E-state index in [9.17, 15) is 9.90 Å². The molecular formula is C13H20KNO3. The SMILES string of the molecule is C=CCCCCCCCN=C([O-])/C=C/C(=O)O.[K+]. The normalized spacial score (nSPS) is 11.2. The number of aliphatic imine (C=N–C) groups is 1. The van der Waals surface area contributed by atoms with Gasteiger partial charge >= 0.3 is 57.4 Å². The minimum Gasteiger partial charge on any atom is -0.859 e. The van der Waals surface area contributed by atoms with Gasteiger partial charge in [-0.2, -0.15) is 0 Å². The first-order valence-electron chi connectivity index (χ1n) is 5.90. The Kier molecular flexibility index (Phi) is 17.1. The Bertz CT molecular complexity index is 288. The number of carboxylic acid groups (broad SMARTS) is 1. The summed E-state index contributed by atoms with van der Waals surface area (Å²) in [7, 11) is 0. The predicted octanol–water partition coefficient (Wildman–Crippen LogP) is -1.08. The number of carbonyl (C=O) groups is 1. The number of carboxylic acids is 1. The van der Waals surface area contributed by atoms with Crippen molar-refractivity contribution in [1.29, 1.82) is 0 Å². The molecule has 0 aliphatic carbocycles. The summed E-state index contributed by atoms with van der Waals surface area (Å²) in [5, 5.41) is 19.3. The van der Waals surface area contributed by atoms with E-state index in [0.717, 1.165) is 37.8 Å². The molecular weight excluding hydrogens is 257 g/mol. The molecule has 0 unspecified atom stereocenters. The van der Waals surface area contributed by atoms with Crippen molar-refractivity contribution in [3.05, 3.63) is 24.8 Å². The summed E-state index contributed by atoms with van der Waals surface area (Å²) in [4.78, 5) is 13.8. The third-order valence-electron chi connectivity index (χ3n) is 2.20. The van der Waals surface area contributed by atoms with Gasteiger partial charge in [-0.3, -0.25) is 0 Å². The molecule has 18 heavy (non-hydrogen) atoms. The molecule has 5 heteroatoms. The van der Waals surface area contributed by atoms with Crippen LogP contribution < -0.4 is 56.5 Å². The Morgan fingerprint density at radius 3 is 2.39 bits per heavy atom. The smallest absolute Gasteiger partial charge is 0.859 e. The van der Waals surface area contributed by atoms with E-state index in [1.165, 1.54) is 12.8 Å². The first-order chi connectivity index (χ1) is 8.16. The molecule has 0 aliphatic rings. The number of hydrogen-bond donors (Lipinski definition) is 1. The molecule has 0 heterocycles. The van der Waals surface area contributed by atoms with Gasteiger partial charge < -0.3 is 15.2 Å². The van der Waals surface area contributed by atoms with Crippen LogP contribution in [0.3, 0.4) is 0 Å². The maximum Gasteiger partial charge on any atom is 1.00 e. The Morgan fingerprint density at radius 2 is 1.78 bits per heavy atom. The molecule has 0 fully saturated rings. The maximum atomic E-state index is 11.0. The van der Waals surface area contributed by atoms with E-state index in [1.54, 1.807) is 0 Å². The summed E-state index contributed by atoms with van der Waals surface area (Å²) in [6.07, 6.45) is 10.2. The average molecular weight is 277 g/mol. The quantitative estimate of drug-likeness (QED) is 0.138. The van der Waals surface area contributed by atoms with Gasteiger partial charge in [0.1, 0.15) is 0 Å². The van der Waals surface area contributed by atoms with E-state index in [-0.39, 0.29) is 51.4 Å². The van der Waals surface area contributed by atoms with Gasteiger partial charge in [-0.05, 0) is 31.2 Å². The minimum absolute atomic E-state index is 0. The first-order valence-corrected chi connectivity index (χ1v) is 5.90. The minimum atomic E-state index is -1.13. The monoisotopic (exact) mass is 277 g/mol. The van der Waals surface area contributed by atoms with Gasteiger partial charge in [0.2, 0.25) is 0 Å².